The maximum atomic E-state index is 14.8. The van der Waals surface area contributed by atoms with Crippen LogP contribution in [0.4, 0.5) is 21.8 Å². The molecule has 0 bridgehead atoms. The summed E-state index contributed by atoms with van der Waals surface area (Å²) in [6.45, 7) is 7.73. The van der Waals surface area contributed by atoms with Crippen molar-refractivity contribution in [2.24, 2.45) is 0 Å². The number of rotatable bonds is 6. The molecule has 2 N–H and O–H groups in total. The van der Waals surface area contributed by atoms with Crippen molar-refractivity contribution in [3.8, 4) is 0 Å². The van der Waals surface area contributed by atoms with E-state index in [1.54, 1.807) is 0 Å². The number of anilines is 3. The first kappa shape index (κ1) is 22.2. The van der Waals surface area contributed by atoms with E-state index in [1.807, 2.05) is 44.2 Å². The Morgan fingerprint density at radius 3 is 2.54 bits per heavy atom. The molecule has 4 heterocycles. The second-order valence-electron chi connectivity index (χ2n) is 9.23. The van der Waals surface area contributed by atoms with Gasteiger partial charge in [0, 0.05) is 60.3 Å². The van der Waals surface area contributed by atoms with E-state index in [0.717, 1.165) is 65.5 Å². The van der Waals surface area contributed by atoms with Crippen molar-refractivity contribution in [3.63, 3.8) is 0 Å². The van der Waals surface area contributed by atoms with Crippen LogP contribution in [0.2, 0.25) is 0 Å². The van der Waals surface area contributed by atoms with Gasteiger partial charge in [-0.1, -0.05) is 6.07 Å². The van der Waals surface area contributed by atoms with Gasteiger partial charge < -0.3 is 10.2 Å². The van der Waals surface area contributed by atoms with E-state index in [2.05, 4.69) is 30.3 Å². The lowest BCUT2D eigenvalue weighted by atomic mass is 10.2. The largest absolute Gasteiger partial charge is 0.354 e. The van der Waals surface area contributed by atoms with Gasteiger partial charge in [0.25, 0.3) is 0 Å². The molecule has 10 heteroatoms. The zero-order valence-corrected chi connectivity index (χ0v) is 20.6. The Labute approximate surface area is 207 Å². The van der Waals surface area contributed by atoms with Gasteiger partial charge in [-0.05, 0) is 56.7 Å². The number of halogens is 1. The molecular weight excluding hydrogens is 463 g/mol. The third-order valence-electron chi connectivity index (χ3n) is 6.43. The Hall–Kier alpha value is -3.24. The predicted molar refractivity (Wildman–Crippen MR) is 136 cm³/mol. The van der Waals surface area contributed by atoms with Gasteiger partial charge in [-0.2, -0.15) is 5.10 Å². The molecule has 35 heavy (non-hydrogen) atoms. The Kier molecular flexibility index (Phi) is 5.77. The number of fused-ring (bicyclic) bond motifs is 1. The fraction of sp³-hybridized carbons (Fsp3) is 0.360. The molecule has 1 aromatic carbocycles. The zero-order valence-electron chi connectivity index (χ0n) is 19.8. The molecule has 2 aliphatic rings. The number of benzene rings is 1. The number of piperazine rings is 1. The molecule has 0 spiro atoms. The monoisotopic (exact) mass is 490 g/mol. The summed E-state index contributed by atoms with van der Waals surface area (Å²) in [5.41, 5.74) is 2.07. The normalized spacial score (nSPS) is 16.7. The third-order valence-corrected chi connectivity index (χ3v) is 7.27. The van der Waals surface area contributed by atoms with Crippen LogP contribution < -0.4 is 10.2 Å². The topological polar surface area (TPSA) is 85.9 Å². The van der Waals surface area contributed by atoms with Gasteiger partial charge in [-0.3, -0.25) is 15.0 Å². The van der Waals surface area contributed by atoms with Gasteiger partial charge in [-0.15, -0.1) is 0 Å². The molecule has 2 fully saturated rings. The van der Waals surface area contributed by atoms with Crippen LogP contribution in [-0.2, 0) is 0 Å². The lowest BCUT2D eigenvalue weighted by Gasteiger charge is -2.35. The lowest BCUT2D eigenvalue weighted by Crippen LogP contribution is -2.47. The smallest absolute Gasteiger partial charge is 0.196 e. The number of H-pyrrole nitrogens is 1. The number of aromatic nitrogens is 5. The summed E-state index contributed by atoms with van der Waals surface area (Å²) in [5, 5.41) is 11.8. The second-order valence-corrected chi connectivity index (χ2v) is 10.3. The highest BCUT2D eigenvalue weighted by atomic mass is 32.2. The summed E-state index contributed by atoms with van der Waals surface area (Å²) >= 11 is 1.35. The molecule has 3 aromatic heterocycles. The number of hydrogen-bond donors (Lipinski definition) is 2. The van der Waals surface area contributed by atoms with E-state index < -0.39 is 0 Å². The van der Waals surface area contributed by atoms with Crippen molar-refractivity contribution in [2.45, 2.75) is 42.8 Å². The van der Waals surface area contributed by atoms with Crippen LogP contribution in [0, 0.1) is 19.7 Å². The van der Waals surface area contributed by atoms with E-state index in [1.165, 1.54) is 30.7 Å². The quantitative estimate of drug-likeness (QED) is 0.377. The number of nitrogens with zero attached hydrogens (tertiary/aromatic N) is 6. The minimum Gasteiger partial charge on any atom is -0.354 e. The summed E-state index contributed by atoms with van der Waals surface area (Å²) in [7, 11) is 0. The predicted octanol–water partition coefficient (Wildman–Crippen LogP) is 4.68. The van der Waals surface area contributed by atoms with E-state index in [9.17, 15) is 4.39 Å². The molecule has 1 saturated heterocycles. The first-order chi connectivity index (χ1) is 17.0. The number of aryl methyl sites for hydroxylation is 2. The Bertz CT molecular complexity index is 1380. The van der Waals surface area contributed by atoms with Crippen molar-refractivity contribution < 1.29 is 4.39 Å². The minimum absolute atomic E-state index is 0.340. The molecule has 4 aromatic rings. The van der Waals surface area contributed by atoms with Gasteiger partial charge >= 0.3 is 0 Å². The van der Waals surface area contributed by atoms with Crippen molar-refractivity contribution >= 4 is 40.1 Å². The van der Waals surface area contributed by atoms with Gasteiger partial charge in [0.05, 0.1) is 5.69 Å². The van der Waals surface area contributed by atoms with Crippen LogP contribution in [0.5, 0.6) is 0 Å². The van der Waals surface area contributed by atoms with Crippen LogP contribution in [0.3, 0.4) is 0 Å². The van der Waals surface area contributed by atoms with E-state index in [-0.39, 0.29) is 5.82 Å². The Morgan fingerprint density at radius 1 is 0.971 bits per heavy atom. The van der Waals surface area contributed by atoms with Crippen LogP contribution in [0.15, 0.2) is 46.5 Å². The summed E-state index contributed by atoms with van der Waals surface area (Å²) < 4.78 is 14.8. The van der Waals surface area contributed by atoms with Crippen molar-refractivity contribution in [1.29, 1.82) is 0 Å². The fourth-order valence-corrected chi connectivity index (χ4v) is 5.33. The van der Waals surface area contributed by atoms with E-state index in [0.29, 0.717) is 16.5 Å². The van der Waals surface area contributed by atoms with Crippen LogP contribution in [0.25, 0.3) is 10.9 Å². The van der Waals surface area contributed by atoms with Crippen LogP contribution in [0.1, 0.15) is 24.2 Å². The zero-order chi connectivity index (χ0) is 23.9. The minimum atomic E-state index is -0.340. The summed E-state index contributed by atoms with van der Waals surface area (Å²) in [6.07, 6.45) is 2.65. The molecule has 1 aliphatic carbocycles. The Morgan fingerprint density at radius 2 is 1.80 bits per heavy atom. The van der Waals surface area contributed by atoms with Crippen molar-refractivity contribution in [2.75, 3.05) is 36.4 Å². The Balaban J connectivity index is 1.30. The van der Waals surface area contributed by atoms with Crippen molar-refractivity contribution in [3.05, 3.63) is 53.6 Å². The fourth-order valence-electron chi connectivity index (χ4n) is 4.49. The highest BCUT2D eigenvalue weighted by molar-refractivity contribution is 7.99. The highest BCUT2D eigenvalue weighted by Gasteiger charge is 2.31. The van der Waals surface area contributed by atoms with Gasteiger partial charge in [0.2, 0.25) is 0 Å². The summed E-state index contributed by atoms with van der Waals surface area (Å²) in [5.74, 6) is 1.96. The molecule has 1 saturated carbocycles. The first-order valence-corrected chi connectivity index (χ1v) is 12.7. The third kappa shape index (κ3) is 4.94. The highest BCUT2D eigenvalue weighted by Crippen LogP contribution is 2.33. The van der Waals surface area contributed by atoms with Crippen LogP contribution >= 0.6 is 11.8 Å². The van der Waals surface area contributed by atoms with Gasteiger partial charge in [-0.25, -0.2) is 14.4 Å². The first-order valence-electron chi connectivity index (χ1n) is 11.9. The number of hydrogen-bond acceptors (Lipinski definition) is 8. The standard InChI is InChI=1S/C25H27FN8S/c1-15-3-4-17-12-19(13-20(26)24(17)27-15)35-25-29-21(28-22-11-16(2)31-32-22)14-23(30-25)34-9-7-33(8-10-34)18-5-6-18/h3-4,11-14,18H,5-10H2,1-2H3,(H2,28,29,30,31,32). The molecule has 6 rings (SSSR count). The van der Waals surface area contributed by atoms with Crippen LogP contribution in [-0.4, -0.2) is 62.3 Å². The number of aromatic amines is 1. The van der Waals surface area contributed by atoms with Gasteiger partial charge in [0.1, 0.15) is 23.0 Å². The molecule has 1 aliphatic heterocycles. The number of pyridine rings is 1. The molecule has 0 radical (unpaired) electrons. The van der Waals surface area contributed by atoms with Gasteiger partial charge in [0.15, 0.2) is 11.0 Å². The molecule has 0 atom stereocenters. The maximum absolute atomic E-state index is 14.8. The molecule has 180 valence electrons. The summed E-state index contributed by atoms with van der Waals surface area (Å²) in [6, 6.07) is 11.9. The average molecular weight is 491 g/mol. The molecular formula is C25H27FN8S. The molecule has 0 unspecified atom stereocenters. The van der Waals surface area contributed by atoms with E-state index >= 15 is 0 Å². The summed E-state index contributed by atoms with van der Waals surface area (Å²) in [4.78, 5) is 19.5. The number of nitrogens with one attached hydrogen (secondary N) is 2. The second kappa shape index (κ2) is 9.09. The van der Waals surface area contributed by atoms with Crippen molar-refractivity contribution in [1.82, 2.24) is 30.0 Å². The molecule has 0 amide bonds. The SMILES string of the molecule is Cc1cc(Nc2cc(N3CCN(C4CC4)CC3)nc(Sc3cc(F)c4nc(C)ccc4c3)n2)[nH]n1. The maximum Gasteiger partial charge on any atom is 0.196 e. The average Bonchev–Trinajstić information content (AvgIpc) is 3.62. The van der Waals surface area contributed by atoms with E-state index in [4.69, 9.17) is 9.97 Å². The lowest BCUT2D eigenvalue weighted by molar-refractivity contribution is 0.247. The molecule has 8 nitrogen and oxygen atoms in total.